The Balaban J connectivity index is 1.04. The molecule has 2 aliphatic heterocycles. The average molecular weight is 693 g/mol. The Bertz CT molecular complexity index is 1460. The van der Waals surface area contributed by atoms with Gasteiger partial charge < -0.3 is 59.1 Å². The molecule has 274 valence electrons. The highest BCUT2D eigenvalue weighted by atomic mass is 16.7. The van der Waals surface area contributed by atoms with E-state index in [2.05, 4.69) is 19.9 Å². The second-order valence-corrected chi connectivity index (χ2v) is 16.1. The Morgan fingerprint density at radius 1 is 0.776 bits per heavy atom. The molecule has 17 unspecified atom stereocenters. The fraction of sp³-hybridized carbons (Fsp3) is 0.806. The van der Waals surface area contributed by atoms with Crippen molar-refractivity contribution in [2.45, 2.75) is 164 Å². The predicted octanol–water partition coefficient (Wildman–Crippen LogP) is 0.981. The first kappa shape index (κ1) is 35.6. The van der Waals surface area contributed by atoms with Gasteiger partial charge in [0.15, 0.2) is 12.6 Å². The molecule has 3 heterocycles. The van der Waals surface area contributed by atoms with Gasteiger partial charge in [-0.15, -0.1) is 0 Å². The molecule has 4 aliphatic carbocycles. The molecule has 17 atom stereocenters. The van der Waals surface area contributed by atoms with Gasteiger partial charge in [0.2, 0.25) is 0 Å². The number of fused-ring (bicyclic) bond motifs is 5. The minimum Gasteiger partial charge on any atom is -0.431 e. The molecular weight excluding hydrogens is 640 g/mol. The fourth-order valence-corrected chi connectivity index (χ4v) is 10.7. The van der Waals surface area contributed by atoms with Crippen LogP contribution in [0.15, 0.2) is 39.3 Å². The number of rotatable bonds is 5. The minimum absolute atomic E-state index is 0.0475. The molecule has 0 aromatic carbocycles. The van der Waals surface area contributed by atoms with E-state index in [-0.39, 0.29) is 17.3 Å². The normalized spacial score (nSPS) is 52.9. The first-order chi connectivity index (χ1) is 23.0. The van der Waals surface area contributed by atoms with Crippen molar-refractivity contribution in [1.82, 2.24) is 0 Å². The van der Waals surface area contributed by atoms with E-state index in [0.29, 0.717) is 44.9 Å². The van der Waals surface area contributed by atoms with Gasteiger partial charge >= 0.3 is 5.63 Å². The molecule has 6 aliphatic rings. The Morgan fingerprint density at radius 2 is 1.47 bits per heavy atom. The zero-order valence-electron chi connectivity index (χ0n) is 28.6. The van der Waals surface area contributed by atoms with Gasteiger partial charge in [0.25, 0.3) is 0 Å². The van der Waals surface area contributed by atoms with Gasteiger partial charge in [-0.05, 0) is 94.1 Å². The monoisotopic (exact) mass is 692 g/mol. The SMILES string of the molecule is CC1OC(OC2C(C)OC(OC3C=C4CCC5(O)C(CCC6(C)C(c7ccc(=O)oc7)CCC65O)C4(C)CC3)C(O)C2O)C(O)C(O)C1O. The topological polar surface area (TPSA) is 209 Å². The van der Waals surface area contributed by atoms with Crippen molar-refractivity contribution in [3.63, 3.8) is 0 Å². The number of aliphatic hydroxyl groups excluding tert-OH is 5. The third-order valence-corrected chi connectivity index (χ3v) is 13.7. The summed E-state index contributed by atoms with van der Waals surface area (Å²) in [6, 6.07) is 3.19. The molecule has 0 bridgehead atoms. The number of hydrogen-bond acceptors (Lipinski definition) is 13. The molecule has 13 nitrogen and oxygen atoms in total. The lowest BCUT2D eigenvalue weighted by Crippen LogP contribution is -2.71. The first-order valence-electron chi connectivity index (χ1n) is 17.8. The van der Waals surface area contributed by atoms with Crippen LogP contribution in [0, 0.1) is 16.7 Å². The van der Waals surface area contributed by atoms with Crippen molar-refractivity contribution in [1.29, 1.82) is 0 Å². The highest BCUT2D eigenvalue weighted by Gasteiger charge is 2.73. The quantitative estimate of drug-likeness (QED) is 0.215. The molecule has 1 aromatic heterocycles. The smallest absolute Gasteiger partial charge is 0.335 e. The van der Waals surface area contributed by atoms with Gasteiger partial charge in [-0.2, -0.15) is 0 Å². The maximum Gasteiger partial charge on any atom is 0.335 e. The minimum atomic E-state index is -1.57. The number of ether oxygens (including phenoxy) is 4. The summed E-state index contributed by atoms with van der Waals surface area (Å²) in [7, 11) is 0. The van der Waals surface area contributed by atoms with Gasteiger partial charge in [0, 0.05) is 11.5 Å². The number of hydrogen-bond donors (Lipinski definition) is 7. The molecule has 49 heavy (non-hydrogen) atoms. The van der Waals surface area contributed by atoms with E-state index in [1.807, 2.05) is 0 Å². The van der Waals surface area contributed by atoms with Crippen LogP contribution >= 0.6 is 0 Å². The lowest BCUT2D eigenvalue weighted by Gasteiger charge is -2.65. The lowest BCUT2D eigenvalue weighted by molar-refractivity contribution is -0.355. The summed E-state index contributed by atoms with van der Waals surface area (Å²) in [6.07, 6.45) is -4.69. The van der Waals surface area contributed by atoms with Crippen LogP contribution in [0.5, 0.6) is 0 Å². The van der Waals surface area contributed by atoms with E-state index in [0.717, 1.165) is 17.6 Å². The van der Waals surface area contributed by atoms with E-state index >= 15 is 0 Å². The van der Waals surface area contributed by atoms with Crippen LogP contribution in [0.25, 0.3) is 0 Å². The fourth-order valence-electron chi connectivity index (χ4n) is 10.7. The Labute approximate surface area is 285 Å². The highest BCUT2D eigenvalue weighted by Crippen LogP contribution is 2.71. The number of aliphatic hydroxyl groups is 7. The van der Waals surface area contributed by atoms with E-state index in [1.54, 1.807) is 13.0 Å². The molecule has 7 rings (SSSR count). The largest absolute Gasteiger partial charge is 0.431 e. The Hall–Kier alpha value is -1.75. The summed E-state index contributed by atoms with van der Waals surface area (Å²) >= 11 is 0. The second-order valence-electron chi connectivity index (χ2n) is 16.1. The van der Waals surface area contributed by atoms with E-state index in [1.165, 1.54) is 19.3 Å². The number of allylic oxidation sites excluding steroid dienone is 1. The van der Waals surface area contributed by atoms with Crippen LogP contribution in [0.4, 0.5) is 0 Å². The van der Waals surface area contributed by atoms with Crippen molar-refractivity contribution in [2.75, 3.05) is 0 Å². The summed E-state index contributed by atoms with van der Waals surface area (Å²) in [6.45, 7) is 7.41. The molecule has 0 amide bonds. The summed E-state index contributed by atoms with van der Waals surface area (Å²) in [5.74, 6) is -0.226. The van der Waals surface area contributed by atoms with Crippen molar-refractivity contribution in [3.8, 4) is 0 Å². The van der Waals surface area contributed by atoms with Gasteiger partial charge in [-0.1, -0.05) is 25.5 Å². The summed E-state index contributed by atoms with van der Waals surface area (Å²) < 4.78 is 28.7. The first-order valence-corrected chi connectivity index (χ1v) is 17.8. The van der Waals surface area contributed by atoms with Crippen molar-refractivity contribution >= 4 is 0 Å². The zero-order chi connectivity index (χ0) is 35.3. The Morgan fingerprint density at radius 3 is 2.18 bits per heavy atom. The van der Waals surface area contributed by atoms with Gasteiger partial charge in [-0.3, -0.25) is 0 Å². The maximum absolute atomic E-state index is 12.6. The molecule has 3 saturated carbocycles. The second kappa shape index (κ2) is 12.4. The molecule has 5 fully saturated rings. The van der Waals surface area contributed by atoms with Gasteiger partial charge in [0.1, 0.15) is 36.6 Å². The standard InChI is InChI=1S/C36H52O13/c1-17-25(38)26(39)28(41)32(46-17)49-30-18(2)47-31(29(42)27(30)40)48-21-8-11-33(3)20(15-21)7-13-35(43)23(33)10-12-34(4)22(9-14-36(34,35)44)19-5-6-24(37)45-16-19/h5-6,15-18,21-23,25-32,38-44H,7-14H2,1-4H3. The summed E-state index contributed by atoms with van der Waals surface area (Å²) in [4.78, 5) is 11.6. The molecule has 0 spiro atoms. The van der Waals surface area contributed by atoms with Crippen LogP contribution < -0.4 is 5.63 Å². The van der Waals surface area contributed by atoms with Crippen molar-refractivity contribution in [3.05, 3.63) is 46.0 Å². The van der Waals surface area contributed by atoms with Crippen LogP contribution in [0.1, 0.15) is 90.5 Å². The van der Waals surface area contributed by atoms with Gasteiger partial charge in [-0.25, -0.2) is 4.79 Å². The Kier molecular flexibility index (Phi) is 9.05. The zero-order valence-corrected chi connectivity index (χ0v) is 28.6. The molecule has 13 heteroatoms. The van der Waals surface area contributed by atoms with Crippen LogP contribution in [-0.2, 0) is 18.9 Å². The third-order valence-electron chi connectivity index (χ3n) is 13.7. The van der Waals surface area contributed by atoms with E-state index in [4.69, 9.17) is 23.4 Å². The summed E-state index contributed by atoms with van der Waals surface area (Å²) in [5.41, 5.74) is -1.99. The van der Waals surface area contributed by atoms with Crippen LogP contribution in [0.2, 0.25) is 0 Å². The third kappa shape index (κ3) is 5.34. The lowest BCUT2D eigenvalue weighted by atomic mass is 9.43. The highest BCUT2D eigenvalue weighted by molar-refractivity contribution is 5.35. The van der Waals surface area contributed by atoms with Gasteiger partial charge in [0.05, 0.1) is 35.8 Å². The molecule has 2 saturated heterocycles. The predicted molar refractivity (Wildman–Crippen MR) is 171 cm³/mol. The van der Waals surface area contributed by atoms with Crippen LogP contribution in [0.3, 0.4) is 0 Å². The van der Waals surface area contributed by atoms with E-state index < -0.39 is 89.8 Å². The molecule has 7 N–H and O–H groups in total. The molecule has 1 aromatic rings. The summed E-state index contributed by atoms with van der Waals surface area (Å²) in [5, 5.41) is 77.8. The molecule has 0 radical (unpaired) electrons. The van der Waals surface area contributed by atoms with Crippen molar-refractivity contribution in [2.24, 2.45) is 16.7 Å². The van der Waals surface area contributed by atoms with Crippen molar-refractivity contribution < 1.29 is 59.1 Å². The maximum atomic E-state index is 12.6. The molecular formula is C36H52O13. The average Bonchev–Trinajstić information content (AvgIpc) is 3.35. The van der Waals surface area contributed by atoms with Crippen LogP contribution in [-0.4, -0.2) is 114 Å². The van der Waals surface area contributed by atoms with E-state index in [9.17, 15) is 40.5 Å².